The van der Waals surface area contributed by atoms with Gasteiger partial charge in [-0.2, -0.15) is 0 Å². The molecule has 0 spiro atoms. The molecule has 6 nitrogen and oxygen atoms in total. The van der Waals surface area contributed by atoms with Crippen LogP contribution in [-0.4, -0.2) is 37.2 Å². The summed E-state index contributed by atoms with van der Waals surface area (Å²) in [5.41, 5.74) is 0. The van der Waals surface area contributed by atoms with Crippen LogP contribution in [0.1, 0.15) is 290 Å². The molecule has 0 aliphatic carbocycles. The fourth-order valence-corrected chi connectivity index (χ4v) is 8.38. The van der Waals surface area contributed by atoms with Gasteiger partial charge in [-0.1, -0.05) is 260 Å². The number of carbonyl (C=O) groups is 3. The lowest BCUT2D eigenvalue weighted by molar-refractivity contribution is -0.167. The summed E-state index contributed by atoms with van der Waals surface area (Å²) in [6.45, 7) is 6.49. The van der Waals surface area contributed by atoms with Crippen LogP contribution in [0.2, 0.25) is 0 Å². The smallest absolute Gasteiger partial charge is 0.306 e. The highest BCUT2D eigenvalue weighted by molar-refractivity contribution is 5.71. The highest BCUT2D eigenvalue weighted by Crippen LogP contribution is 2.16. The lowest BCUT2D eigenvalue weighted by Crippen LogP contribution is -2.30. The Bertz CT molecular complexity index is 1370. The van der Waals surface area contributed by atoms with E-state index in [0.717, 1.165) is 103 Å². The van der Waals surface area contributed by atoms with Crippen LogP contribution < -0.4 is 0 Å². The lowest BCUT2D eigenvalue weighted by Gasteiger charge is -2.18. The maximum absolute atomic E-state index is 12.9. The van der Waals surface area contributed by atoms with Gasteiger partial charge in [0.15, 0.2) is 6.10 Å². The van der Waals surface area contributed by atoms with Crippen LogP contribution in [0.3, 0.4) is 0 Å². The number of carbonyl (C=O) groups excluding carboxylic acids is 3. The van der Waals surface area contributed by atoms with Crippen molar-refractivity contribution in [3.8, 4) is 0 Å². The number of allylic oxidation sites excluding steroid dienone is 14. The van der Waals surface area contributed by atoms with Crippen molar-refractivity contribution in [1.82, 2.24) is 0 Å². The Labute approximate surface area is 439 Å². The first kappa shape index (κ1) is 67.6. The average molecular weight is 990 g/mol. The third-order valence-corrected chi connectivity index (χ3v) is 12.9. The second-order valence-corrected chi connectivity index (χ2v) is 19.9. The normalized spacial score (nSPS) is 12.7. The van der Waals surface area contributed by atoms with Gasteiger partial charge in [0.05, 0.1) is 0 Å². The molecule has 0 aromatic rings. The third-order valence-electron chi connectivity index (χ3n) is 12.9. The molecule has 1 atom stereocenters. The zero-order valence-electron chi connectivity index (χ0n) is 46.7. The van der Waals surface area contributed by atoms with Gasteiger partial charge in [-0.25, -0.2) is 0 Å². The van der Waals surface area contributed by atoms with Gasteiger partial charge < -0.3 is 14.2 Å². The first-order chi connectivity index (χ1) is 35.0. The molecule has 6 heteroatoms. The molecule has 0 aromatic carbocycles. The molecule has 1 unspecified atom stereocenters. The Morgan fingerprint density at radius 2 is 0.549 bits per heavy atom. The summed E-state index contributed by atoms with van der Waals surface area (Å²) in [5.74, 6) is -0.883. The summed E-state index contributed by atoms with van der Waals surface area (Å²) in [4.78, 5) is 38.1. The van der Waals surface area contributed by atoms with Gasteiger partial charge in [0.1, 0.15) is 13.2 Å². The molecule has 0 amide bonds. The molecule has 0 aliphatic heterocycles. The van der Waals surface area contributed by atoms with Crippen molar-refractivity contribution >= 4 is 17.9 Å². The summed E-state index contributed by atoms with van der Waals surface area (Å²) in [5, 5.41) is 0. The van der Waals surface area contributed by atoms with E-state index in [4.69, 9.17) is 14.2 Å². The maximum Gasteiger partial charge on any atom is 0.306 e. The molecule has 0 heterocycles. The molecule has 0 aromatic heterocycles. The Morgan fingerprint density at radius 1 is 0.296 bits per heavy atom. The minimum atomic E-state index is -0.779. The molecule has 408 valence electrons. The van der Waals surface area contributed by atoms with E-state index in [1.54, 1.807) is 0 Å². The molecule has 0 aliphatic rings. The van der Waals surface area contributed by atoms with Crippen molar-refractivity contribution in [2.75, 3.05) is 13.2 Å². The summed E-state index contributed by atoms with van der Waals surface area (Å²) < 4.78 is 16.9. The Morgan fingerprint density at radius 3 is 0.887 bits per heavy atom. The minimum Gasteiger partial charge on any atom is -0.462 e. The molecule has 0 saturated heterocycles. The summed E-state index contributed by atoms with van der Waals surface area (Å²) in [6, 6.07) is 0. The van der Waals surface area contributed by atoms with Gasteiger partial charge in [0.2, 0.25) is 0 Å². The van der Waals surface area contributed by atoms with Crippen LogP contribution in [0.25, 0.3) is 0 Å². The predicted octanol–water partition coefficient (Wildman–Crippen LogP) is 20.3. The zero-order valence-corrected chi connectivity index (χ0v) is 46.7. The third kappa shape index (κ3) is 57.4. The van der Waals surface area contributed by atoms with E-state index in [9.17, 15) is 14.4 Å². The highest BCUT2D eigenvalue weighted by atomic mass is 16.6. The second-order valence-electron chi connectivity index (χ2n) is 19.9. The van der Waals surface area contributed by atoms with Gasteiger partial charge in [0, 0.05) is 19.3 Å². The van der Waals surface area contributed by atoms with Gasteiger partial charge in [-0.3, -0.25) is 14.4 Å². The van der Waals surface area contributed by atoms with Gasteiger partial charge in [-0.15, -0.1) is 0 Å². The summed E-state index contributed by atoms with van der Waals surface area (Å²) in [6.07, 6.45) is 77.3. The molecule has 0 rings (SSSR count). The number of hydrogen-bond acceptors (Lipinski definition) is 6. The predicted molar refractivity (Wildman–Crippen MR) is 307 cm³/mol. The van der Waals surface area contributed by atoms with Crippen LogP contribution >= 0.6 is 0 Å². The van der Waals surface area contributed by atoms with Crippen LogP contribution in [0, 0.1) is 0 Å². The first-order valence-corrected chi connectivity index (χ1v) is 30.1. The van der Waals surface area contributed by atoms with E-state index in [1.165, 1.54) is 148 Å². The quantitative estimate of drug-likeness (QED) is 0.0261. The van der Waals surface area contributed by atoms with E-state index in [2.05, 4.69) is 106 Å². The minimum absolute atomic E-state index is 0.0779. The second kappa shape index (κ2) is 59.2. The SMILES string of the molecule is CC/C=C\C/C=C\C/C=C\C/C=C\C/C=C\CCCCCCCCCCCC(=O)OCC(COC(=O)CCCCCCCCCCC)OC(=O)CCCCCCCCCCC/C=C\C/C=C\CCCCC. The van der Waals surface area contributed by atoms with Crippen molar-refractivity contribution < 1.29 is 28.6 Å². The number of rotatable bonds is 54. The van der Waals surface area contributed by atoms with E-state index in [-0.39, 0.29) is 31.1 Å². The number of unbranched alkanes of at least 4 members (excludes halogenated alkanes) is 29. The molecule has 0 radical (unpaired) electrons. The van der Waals surface area contributed by atoms with E-state index >= 15 is 0 Å². The molecular formula is C65H112O6. The molecule has 71 heavy (non-hydrogen) atoms. The molecule has 0 saturated carbocycles. The fraction of sp³-hybridized carbons (Fsp3) is 0.738. The van der Waals surface area contributed by atoms with E-state index < -0.39 is 6.10 Å². The van der Waals surface area contributed by atoms with Crippen molar-refractivity contribution in [2.45, 2.75) is 297 Å². The number of hydrogen-bond donors (Lipinski definition) is 0. The lowest BCUT2D eigenvalue weighted by atomic mass is 10.1. The largest absolute Gasteiger partial charge is 0.462 e. The van der Waals surface area contributed by atoms with Gasteiger partial charge >= 0.3 is 17.9 Å². The molecule has 0 fully saturated rings. The molecule has 0 N–H and O–H groups in total. The Balaban J connectivity index is 4.25. The maximum atomic E-state index is 12.9. The monoisotopic (exact) mass is 989 g/mol. The fourth-order valence-electron chi connectivity index (χ4n) is 8.38. The van der Waals surface area contributed by atoms with Gasteiger partial charge in [-0.05, 0) is 96.3 Å². The van der Waals surface area contributed by atoms with Crippen molar-refractivity contribution in [1.29, 1.82) is 0 Å². The van der Waals surface area contributed by atoms with Crippen LogP contribution in [0.15, 0.2) is 85.1 Å². The molecular weight excluding hydrogens is 877 g/mol. The van der Waals surface area contributed by atoms with Crippen LogP contribution in [0.4, 0.5) is 0 Å². The van der Waals surface area contributed by atoms with Crippen LogP contribution in [0.5, 0.6) is 0 Å². The number of esters is 3. The standard InChI is InChI=1S/C65H112O6/c1-4-7-10-13-16-19-21-23-25-27-29-30-31-32-33-34-36-37-39-41-43-46-49-52-55-58-64(67)70-61-62(60-69-63(66)57-54-51-48-45-18-15-12-9-6-3)71-65(68)59-56-53-50-47-44-42-40-38-35-28-26-24-22-20-17-14-11-8-5-2/h7,10,16-17,19-20,23-26,29-30,32-33,62H,4-6,8-9,11-15,18,21-22,27-28,31,34-61H2,1-3H3/b10-7-,19-16-,20-17-,25-23-,26-24-,30-29-,33-32-. The van der Waals surface area contributed by atoms with Crippen LogP contribution in [-0.2, 0) is 28.6 Å². The highest BCUT2D eigenvalue weighted by Gasteiger charge is 2.19. The Kier molecular flexibility index (Phi) is 56.3. The number of ether oxygens (including phenoxy) is 3. The van der Waals surface area contributed by atoms with Crippen molar-refractivity contribution in [3.63, 3.8) is 0 Å². The topological polar surface area (TPSA) is 78.9 Å². The van der Waals surface area contributed by atoms with E-state index in [0.29, 0.717) is 19.3 Å². The van der Waals surface area contributed by atoms with Gasteiger partial charge in [0.25, 0.3) is 0 Å². The Hall–Kier alpha value is -3.41. The summed E-state index contributed by atoms with van der Waals surface area (Å²) in [7, 11) is 0. The first-order valence-electron chi connectivity index (χ1n) is 30.1. The zero-order chi connectivity index (χ0) is 51.4. The summed E-state index contributed by atoms with van der Waals surface area (Å²) >= 11 is 0. The molecule has 0 bridgehead atoms. The van der Waals surface area contributed by atoms with E-state index in [1.807, 2.05) is 0 Å². The van der Waals surface area contributed by atoms with Crippen molar-refractivity contribution in [2.24, 2.45) is 0 Å². The van der Waals surface area contributed by atoms with Crippen molar-refractivity contribution in [3.05, 3.63) is 85.1 Å². The average Bonchev–Trinajstić information content (AvgIpc) is 3.37.